The molecule has 1 amide bonds. The maximum atomic E-state index is 12.3. The second-order valence-electron chi connectivity index (χ2n) is 7.01. The van der Waals surface area contributed by atoms with Gasteiger partial charge < -0.3 is 10.1 Å². The highest BCUT2D eigenvalue weighted by molar-refractivity contribution is 8.00. The number of rotatable bonds is 9. The Morgan fingerprint density at radius 1 is 1.12 bits per heavy atom. The quantitative estimate of drug-likeness (QED) is 0.272. The standard InChI is InChI=1S/C23H23N5O2S3/c1-4-16-5-9-19(10-6-16)28(15(2)29)22-25-18(13-31-22)14-32-23-27-26-21(33-23)24-17-7-11-20(30-3)12-8-17/h5-13H,4,14H2,1-3H3,(H,24,26). The summed E-state index contributed by atoms with van der Waals surface area (Å²) in [6, 6.07) is 15.7. The van der Waals surface area contributed by atoms with Crippen molar-refractivity contribution in [2.45, 2.75) is 30.4 Å². The Morgan fingerprint density at radius 3 is 2.55 bits per heavy atom. The molecule has 2 heterocycles. The average molecular weight is 498 g/mol. The van der Waals surface area contributed by atoms with Gasteiger partial charge in [0.05, 0.1) is 18.5 Å². The van der Waals surface area contributed by atoms with Crippen LogP contribution >= 0.6 is 34.4 Å². The molecule has 4 aromatic rings. The fraction of sp³-hybridized carbons (Fsp3) is 0.217. The number of hydrogen-bond acceptors (Lipinski definition) is 9. The van der Waals surface area contributed by atoms with E-state index in [-0.39, 0.29) is 5.91 Å². The second kappa shape index (κ2) is 10.8. The van der Waals surface area contributed by atoms with Crippen LogP contribution in [0.3, 0.4) is 0 Å². The Hall–Kier alpha value is -2.95. The second-order valence-corrected chi connectivity index (χ2v) is 10.0. The van der Waals surface area contributed by atoms with E-state index in [1.165, 1.54) is 28.2 Å². The van der Waals surface area contributed by atoms with E-state index in [0.29, 0.717) is 10.9 Å². The van der Waals surface area contributed by atoms with Gasteiger partial charge in [0.2, 0.25) is 11.0 Å². The summed E-state index contributed by atoms with van der Waals surface area (Å²) in [6.45, 7) is 3.67. The smallest absolute Gasteiger partial charge is 0.230 e. The van der Waals surface area contributed by atoms with Crippen LogP contribution in [-0.4, -0.2) is 28.2 Å². The topological polar surface area (TPSA) is 80.2 Å². The van der Waals surface area contributed by atoms with E-state index in [0.717, 1.165) is 38.7 Å². The fourth-order valence-electron chi connectivity index (χ4n) is 3.03. The van der Waals surface area contributed by atoms with Crippen LogP contribution in [0.5, 0.6) is 5.75 Å². The van der Waals surface area contributed by atoms with Crippen molar-refractivity contribution < 1.29 is 9.53 Å². The van der Waals surface area contributed by atoms with Gasteiger partial charge >= 0.3 is 0 Å². The first kappa shape index (κ1) is 23.2. The summed E-state index contributed by atoms with van der Waals surface area (Å²) >= 11 is 4.52. The predicted molar refractivity (Wildman–Crippen MR) is 137 cm³/mol. The lowest BCUT2D eigenvalue weighted by Crippen LogP contribution is -2.22. The minimum Gasteiger partial charge on any atom is -0.497 e. The number of aromatic nitrogens is 3. The lowest BCUT2D eigenvalue weighted by Gasteiger charge is -2.18. The zero-order chi connectivity index (χ0) is 23.2. The number of nitrogens with one attached hydrogen (secondary N) is 1. The van der Waals surface area contributed by atoms with Crippen molar-refractivity contribution in [2.24, 2.45) is 0 Å². The van der Waals surface area contributed by atoms with Crippen LogP contribution in [-0.2, 0) is 17.0 Å². The first-order valence-corrected chi connectivity index (χ1v) is 12.9. The molecule has 0 aliphatic carbocycles. The van der Waals surface area contributed by atoms with E-state index in [2.05, 4.69) is 27.4 Å². The van der Waals surface area contributed by atoms with E-state index in [1.54, 1.807) is 30.7 Å². The van der Waals surface area contributed by atoms with Gasteiger partial charge in [0.1, 0.15) is 5.75 Å². The number of thiazole rings is 1. The van der Waals surface area contributed by atoms with E-state index >= 15 is 0 Å². The van der Waals surface area contributed by atoms with Crippen LogP contribution < -0.4 is 15.0 Å². The third kappa shape index (κ3) is 5.89. The third-order valence-corrected chi connectivity index (χ3v) is 7.62. The van der Waals surface area contributed by atoms with Gasteiger partial charge in [-0.3, -0.25) is 9.69 Å². The zero-order valence-corrected chi connectivity index (χ0v) is 20.9. The predicted octanol–water partition coefficient (Wildman–Crippen LogP) is 6.29. The Labute approximate surface area is 204 Å². The van der Waals surface area contributed by atoms with Crippen molar-refractivity contribution in [3.05, 3.63) is 65.2 Å². The number of anilines is 4. The molecule has 170 valence electrons. The van der Waals surface area contributed by atoms with Crippen molar-refractivity contribution >= 4 is 62.0 Å². The maximum absolute atomic E-state index is 12.3. The number of thioether (sulfide) groups is 1. The number of hydrogen-bond donors (Lipinski definition) is 1. The number of benzene rings is 2. The van der Waals surface area contributed by atoms with Crippen LogP contribution in [0, 0.1) is 0 Å². The summed E-state index contributed by atoms with van der Waals surface area (Å²) in [7, 11) is 1.64. The van der Waals surface area contributed by atoms with Gasteiger partial charge in [-0.25, -0.2) is 4.98 Å². The highest BCUT2D eigenvalue weighted by atomic mass is 32.2. The summed E-state index contributed by atoms with van der Waals surface area (Å²) in [4.78, 5) is 18.7. The van der Waals surface area contributed by atoms with E-state index in [9.17, 15) is 4.79 Å². The molecule has 2 aromatic heterocycles. The molecule has 0 bridgehead atoms. The van der Waals surface area contributed by atoms with Crippen LogP contribution in [0.15, 0.2) is 58.3 Å². The summed E-state index contributed by atoms with van der Waals surface area (Å²) in [5.41, 5.74) is 3.88. The Bertz CT molecular complexity index is 1210. The van der Waals surface area contributed by atoms with Gasteiger partial charge in [0.15, 0.2) is 9.47 Å². The average Bonchev–Trinajstić information content (AvgIpc) is 3.48. The largest absolute Gasteiger partial charge is 0.497 e. The Morgan fingerprint density at radius 2 is 1.88 bits per heavy atom. The minimum absolute atomic E-state index is 0.0637. The molecule has 0 aliphatic rings. The van der Waals surface area contributed by atoms with Crippen molar-refractivity contribution in [3.8, 4) is 5.75 Å². The van der Waals surface area contributed by atoms with Crippen molar-refractivity contribution in [3.63, 3.8) is 0 Å². The van der Waals surface area contributed by atoms with E-state index < -0.39 is 0 Å². The summed E-state index contributed by atoms with van der Waals surface area (Å²) in [5, 5.41) is 15.1. The number of amides is 1. The lowest BCUT2D eigenvalue weighted by molar-refractivity contribution is -0.115. The molecule has 0 atom stereocenters. The number of aryl methyl sites for hydroxylation is 1. The molecule has 4 rings (SSSR count). The number of carbonyl (C=O) groups is 1. The molecule has 7 nitrogen and oxygen atoms in total. The molecule has 0 aliphatic heterocycles. The first-order chi connectivity index (χ1) is 16.1. The molecule has 2 aromatic carbocycles. The van der Waals surface area contributed by atoms with E-state index in [1.807, 2.05) is 53.9 Å². The number of methoxy groups -OCH3 is 1. The molecule has 0 saturated carbocycles. The number of ether oxygens (including phenoxy) is 1. The van der Waals surface area contributed by atoms with Gasteiger partial charge in [-0.15, -0.1) is 21.5 Å². The van der Waals surface area contributed by atoms with Gasteiger partial charge in [0.25, 0.3) is 0 Å². The van der Waals surface area contributed by atoms with Crippen LogP contribution in [0.25, 0.3) is 0 Å². The SMILES string of the molecule is CCc1ccc(N(C(C)=O)c2nc(CSc3nnc(Nc4ccc(OC)cc4)s3)cs2)cc1. The minimum atomic E-state index is -0.0637. The van der Waals surface area contributed by atoms with Gasteiger partial charge in [-0.05, 0) is 48.4 Å². The summed E-state index contributed by atoms with van der Waals surface area (Å²) in [6.07, 6.45) is 0.960. The molecule has 10 heteroatoms. The molecule has 0 radical (unpaired) electrons. The first-order valence-electron chi connectivity index (χ1n) is 10.3. The molecular formula is C23H23N5O2S3. The van der Waals surface area contributed by atoms with Crippen LogP contribution in [0.2, 0.25) is 0 Å². The molecule has 0 spiro atoms. The third-order valence-electron chi connectivity index (χ3n) is 4.74. The summed E-state index contributed by atoms with van der Waals surface area (Å²) in [5.74, 6) is 1.39. The van der Waals surface area contributed by atoms with Gasteiger partial charge in [-0.1, -0.05) is 42.2 Å². The Balaban J connectivity index is 1.38. The lowest BCUT2D eigenvalue weighted by atomic mass is 10.1. The van der Waals surface area contributed by atoms with Crippen molar-refractivity contribution in [2.75, 3.05) is 17.3 Å². The highest BCUT2D eigenvalue weighted by Crippen LogP contribution is 2.33. The molecular weight excluding hydrogens is 474 g/mol. The maximum Gasteiger partial charge on any atom is 0.230 e. The Kier molecular flexibility index (Phi) is 7.58. The normalized spacial score (nSPS) is 10.8. The molecule has 1 N–H and O–H groups in total. The van der Waals surface area contributed by atoms with Gasteiger partial charge in [0, 0.05) is 23.7 Å². The van der Waals surface area contributed by atoms with Crippen molar-refractivity contribution in [1.29, 1.82) is 0 Å². The molecule has 0 fully saturated rings. The van der Waals surface area contributed by atoms with Crippen molar-refractivity contribution in [1.82, 2.24) is 15.2 Å². The zero-order valence-electron chi connectivity index (χ0n) is 18.4. The van der Waals surface area contributed by atoms with Crippen LogP contribution in [0.4, 0.5) is 21.6 Å². The molecule has 33 heavy (non-hydrogen) atoms. The van der Waals surface area contributed by atoms with Crippen LogP contribution in [0.1, 0.15) is 25.1 Å². The highest BCUT2D eigenvalue weighted by Gasteiger charge is 2.18. The van der Waals surface area contributed by atoms with E-state index in [4.69, 9.17) is 4.74 Å². The summed E-state index contributed by atoms with van der Waals surface area (Å²) < 4.78 is 6.02. The molecule has 0 saturated heterocycles. The fourth-order valence-corrected chi connectivity index (χ4v) is 5.68. The van der Waals surface area contributed by atoms with Gasteiger partial charge in [-0.2, -0.15) is 0 Å². The number of nitrogens with zero attached hydrogens (tertiary/aromatic N) is 4. The molecule has 0 unspecified atom stereocenters. The number of carbonyl (C=O) groups excluding carboxylic acids is 1. The monoisotopic (exact) mass is 497 g/mol.